The molecular formula is C30H31N5O2S. The molecular weight excluding hydrogens is 494 g/mol. The Labute approximate surface area is 228 Å². The molecule has 0 saturated carbocycles. The largest absolute Gasteiger partial charge is 0.508 e. The molecule has 1 saturated heterocycles. The van der Waals surface area contributed by atoms with Gasteiger partial charge in [-0.2, -0.15) is 0 Å². The van der Waals surface area contributed by atoms with Crippen LogP contribution in [-0.4, -0.2) is 37.1 Å². The van der Waals surface area contributed by atoms with Crippen LogP contribution in [0.5, 0.6) is 5.75 Å². The van der Waals surface area contributed by atoms with Crippen molar-refractivity contribution >= 4 is 28.9 Å². The smallest absolute Gasteiger partial charge is 0.226 e. The van der Waals surface area contributed by atoms with E-state index in [0.29, 0.717) is 11.7 Å². The molecule has 2 atom stereocenters. The van der Waals surface area contributed by atoms with Gasteiger partial charge >= 0.3 is 0 Å². The summed E-state index contributed by atoms with van der Waals surface area (Å²) in [5, 5.41) is 16.8. The number of hydrogen-bond donors (Lipinski definition) is 3. The number of aromatic hydroxyl groups is 1. The van der Waals surface area contributed by atoms with Gasteiger partial charge in [0.2, 0.25) is 5.91 Å². The minimum atomic E-state index is -0.169. The fourth-order valence-electron chi connectivity index (χ4n) is 5.15. The van der Waals surface area contributed by atoms with Crippen molar-refractivity contribution in [1.29, 1.82) is 0 Å². The minimum Gasteiger partial charge on any atom is -0.508 e. The van der Waals surface area contributed by atoms with Crippen molar-refractivity contribution in [3.05, 3.63) is 107 Å². The monoisotopic (exact) mass is 525 g/mol. The number of amides is 1. The Morgan fingerprint density at radius 1 is 1.05 bits per heavy atom. The minimum absolute atomic E-state index is 0.0637. The number of hydrogen-bond acceptors (Lipinski definition) is 4. The number of nitrogens with one attached hydrogen (secondary N) is 2. The van der Waals surface area contributed by atoms with Gasteiger partial charge in [-0.3, -0.25) is 9.78 Å². The Balaban J connectivity index is 1.46. The van der Waals surface area contributed by atoms with E-state index < -0.39 is 0 Å². The maximum Gasteiger partial charge on any atom is 0.226 e. The van der Waals surface area contributed by atoms with Crippen molar-refractivity contribution in [3.8, 4) is 11.4 Å². The quantitative estimate of drug-likeness (QED) is 0.276. The average Bonchev–Trinajstić information content (AvgIpc) is 3.39. The molecule has 0 aliphatic carbocycles. The number of rotatable bonds is 7. The molecule has 5 rings (SSSR count). The zero-order chi connectivity index (χ0) is 26.8. The first-order chi connectivity index (χ1) is 18.3. The summed E-state index contributed by atoms with van der Waals surface area (Å²) in [6.07, 6.45) is 2.08. The lowest BCUT2D eigenvalue weighted by Crippen LogP contribution is -2.32. The zero-order valence-electron chi connectivity index (χ0n) is 21.7. The van der Waals surface area contributed by atoms with Gasteiger partial charge in [-0.15, -0.1) is 0 Å². The standard InChI is InChI=1S/C30H31N5O2S/c1-19-7-9-22(10-8-19)32-27(37)15-17-34-29(28(33-30(34)38)26-6-4-5-16-31-26)25-18-20(2)35(21(25)3)23-11-13-24(36)14-12-23/h4-14,16,18,28-29,36H,15,17H2,1-3H3,(H,32,37)(H,33,38)/t28-,29+/m1/s1. The second-order valence-electron chi connectivity index (χ2n) is 9.66. The average molecular weight is 526 g/mol. The van der Waals surface area contributed by atoms with E-state index in [2.05, 4.69) is 45.0 Å². The molecule has 0 unspecified atom stereocenters. The summed E-state index contributed by atoms with van der Waals surface area (Å²) in [4.78, 5) is 19.6. The van der Waals surface area contributed by atoms with E-state index in [1.165, 1.54) is 0 Å². The second-order valence-corrected chi connectivity index (χ2v) is 10.0. The van der Waals surface area contributed by atoms with Crippen LogP contribution in [0.1, 0.15) is 46.7 Å². The fraction of sp³-hybridized carbons (Fsp3) is 0.233. The van der Waals surface area contributed by atoms with Gasteiger partial charge in [0.25, 0.3) is 0 Å². The summed E-state index contributed by atoms with van der Waals surface area (Å²) in [6.45, 7) is 6.64. The highest BCUT2D eigenvalue weighted by molar-refractivity contribution is 7.80. The number of nitrogens with zero attached hydrogens (tertiary/aromatic N) is 3. The highest BCUT2D eigenvalue weighted by atomic mass is 32.1. The number of aryl methyl sites for hydroxylation is 2. The van der Waals surface area contributed by atoms with Crippen LogP contribution in [0.3, 0.4) is 0 Å². The zero-order valence-corrected chi connectivity index (χ0v) is 22.5. The molecule has 3 N–H and O–H groups in total. The molecule has 8 heteroatoms. The van der Waals surface area contributed by atoms with Crippen LogP contribution in [0.15, 0.2) is 79.0 Å². The lowest BCUT2D eigenvalue weighted by atomic mass is 9.96. The number of thiocarbonyl (C=S) groups is 1. The van der Waals surface area contributed by atoms with Gasteiger partial charge in [-0.25, -0.2) is 0 Å². The van der Waals surface area contributed by atoms with E-state index in [-0.39, 0.29) is 30.2 Å². The number of aromatic nitrogens is 2. The third-order valence-corrected chi connectivity index (χ3v) is 7.36. The highest BCUT2D eigenvalue weighted by Gasteiger charge is 2.41. The van der Waals surface area contributed by atoms with Crippen molar-refractivity contribution in [2.75, 3.05) is 11.9 Å². The van der Waals surface area contributed by atoms with Crippen molar-refractivity contribution in [2.45, 2.75) is 39.3 Å². The van der Waals surface area contributed by atoms with Crippen LogP contribution in [0.2, 0.25) is 0 Å². The van der Waals surface area contributed by atoms with Crippen LogP contribution in [-0.2, 0) is 4.79 Å². The van der Waals surface area contributed by atoms with Gasteiger partial charge in [0.15, 0.2) is 5.11 Å². The molecule has 3 heterocycles. The Morgan fingerprint density at radius 3 is 2.47 bits per heavy atom. The summed E-state index contributed by atoms with van der Waals surface area (Å²) in [5.74, 6) is 0.165. The summed E-state index contributed by atoms with van der Waals surface area (Å²) >= 11 is 5.80. The summed E-state index contributed by atoms with van der Waals surface area (Å²) in [6, 6.07) is 22.7. The van der Waals surface area contributed by atoms with Gasteiger partial charge in [0.05, 0.1) is 17.8 Å². The third kappa shape index (κ3) is 5.13. The van der Waals surface area contributed by atoms with Crippen LogP contribution < -0.4 is 10.6 Å². The van der Waals surface area contributed by atoms with Crippen molar-refractivity contribution < 1.29 is 9.90 Å². The maximum absolute atomic E-state index is 12.9. The maximum atomic E-state index is 12.9. The number of anilines is 1. The van der Waals surface area contributed by atoms with E-state index in [1.54, 1.807) is 18.3 Å². The second kappa shape index (κ2) is 10.7. The van der Waals surface area contributed by atoms with Gasteiger partial charge in [0, 0.05) is 41.9 Å². The van der Waals surface area contributed by atoms with E-state index in [4.69, 9.17) is 12.2 Å². The number of pyridine rings is 1. The first-order valence-electron chi connectivity index (χ1n) is 12.6. The van der Waals surface area contributed by atoms with Crippen LogP contribution >= 0.6 is 12.2 Å². The van der Waals surface area contributed by atoms with Crippen molar-refractivity contribution in [3.63, 3.8) is 0 Å². The molecule has 0 bridgehead atoms. The van der Waals surface area contributed by atoms with Gasteiger partial charge in [-0.05, 0) is 93.1 Å². The number of benzene rings is 2. The molecule has 0 radical (unpaired) electrons. The molecule has 1 aliphatic rings. The van der Waals surface area contributed by atoms with Crippen LogP contribution in [0, 0.1) is 20.8 Å². The summed E-state index contributed by atoms with van der Waals surface area (Å²) < 4.78 is 2.17. The molecule has 0 spiro atoms. The number of carbonyl (C=O) groups excluding carboxylic acids is 1. The van der Waals surface area contributed by atoms with Crippen molar-refractivity contribution in [1.82, 2.24) is 19.8 Å². The molecule has 2 aromatic carbocycles. The molecule has 7 nitrogen and oxygen atoms in total. The van der Waals surface area contributed by atoms with Gasteiger partial charge < -0.3 is 25.2 Å². The Kier molecular flexibility index (Phi) is 7.15. The number of carbonyl (C=O) groups is 1. The molecule has 1 aliphatic heterocycles. The van der Waals surface area contributed by atoms with Crippen LogP contribution in [0.25, 0.3) is 5.69 Å². The first kappa shape index (κ1) is 25.5. The predicted octanol–water partition coefficient (Wildman–Crippen LogP) is 5.50. The Morgan fingerprint density at radius 2 is 1.79 bits per heavy atom. The normalized spacial score (nSPS) is 16.9. The molecule has 2 aromatic heterocycles. The molecule has 1 fully saturated rings. The topological polar surface area (TPSA) is 82.4 Å². The van der Waals surface area contributed by atoms with Crippen molar-refractivity contribution in [2.24, 2.45) is 0 Å². The third-order valence-electron chi connectivity index (χ3n) is 7.01. The molecule has 194 valence electrons. The Hall–Kier alpha value is -4.17. The van der Waals surface area contributed by atoms with E-state index in [0.717, 1.165) is 39.6 Å². The molecule has 1 amide bonds. The van der Waals surface area contributed by atoms with E-state index >= 15 is 0 Å². The lowest BCUT2D eigenvalue weighted by molar-refractivity contribution is -0.116. The fourth-order valence-corrected chi connectivity index (χ4v) is 5.49. The lowest BCUT2D eigenvalue weighted by Gasteiger charge is -2.28. The number of phenols is 1. The first-order valence-corrected chi connectivity index (χ1v) is 13.1. The van der Waals surface area contributed by atoms with E-state index in [1.807, 2.05) is 61.5 Å². The van der Waals surface area contributed by atoms with Gasteiger partial charge in [0.1, 0.15) is 5.75 Å². The summed E-state index contributed by atoms with van der Waals surface area (Å²) in [5.41, 5.74) is 7.03. The van der Waals surface area contributed by atoms with E-state index in [9.17, 15) is 9.90 Å². The van der Waals surface area contributed by atoms with Crippen LogP contribution in [0.4, 0.5) is 5.69 Å². The SMILES string of the molecule is Cc1ccc(NC(=O)CCN2C(=S)N[C@H](c3ccccn3)[C@@H]2c2cc(C)n(-c3ccc(O)cc3)c2C)cc1. The summed E-state index contributed by atoms with van der Waals surface area (Å²) in [7, 11) is 0. The number of phenolic OH excluding ortho intramolecular Hbond substituents is 1. The predicted molar refractivity (Wildman–Crippen MR) is 153 cm³/mol. The molecule has 38 heavy (non-hydrogen) atoms. The molecule has 4 aromatic rings. The Bertz CT molecular complexity index is 1450. The van der Waals surface area contributed by atoms with Gasteiger partial charge in [-0.1, -0.05) is 23.8 Å². The highest BCUT2D eigenvalue weighted by Crippen LogP contribution is 2.41.